The molecule has 1 atom stereocenters. The van der Waals surface area contributed by atoms with Crippen molar-refractivity contribution in [2.45, 2.75) is 46.7 Å². The average Bonchev–Trinajstić information content (AvgIpc) is 2.52. The molecule has 0 saturated carbocycles. The van der Waals surface area contributed by atoms with Crippen LogP contribution in [0.4, 0.5) is 0 Å². The zero-order chi connectivity index (χ0) is 19.0. The van der Waals surface area contributed by atoms with Gasteiger partial charge in [0.05, 0.1) is 0 Å². The largest absolute Gasteiger partial charge is 0.276 e. The zero-order valence-corrected chi connectivity index (χ0v) is 17.9. The van der Waals surface area contributed by atoms with Crippen LogP contribution in [0.2, 0.25) is 0 Å². The highest BCUT2D eigenvalue weighted by molar-refractivity contribution is 7.18. The third-order valence-electron chi connectivity index (χ3n) is 5.15. The van der Waals surface area contributed by atoms with Crippen molar-refractivity contribution in [2.24, 2.45) is 10.8 Å². The summed E-state index contributed by atoms with van der Waals surface area (Å²) in [6.45, 7) is 13.8. The van der Waals surface area contributed by atoms with Crippen LogP contribution in [0.25, 0.3) is 11.1 Å². The number of carbonyl (C=O) groups is 1. The Bertz CT molecular complexity index is 733. The molecule has 0 aliphatic heterocycles. The van der Waals surface area contributed by atoms with E-state index in [-0.39, 0.29) is 16.0 Å². The minimum Gasteiger partial charge on any atom is -0.276 e. The van der Waals surface area contributed by atoms with Gasteiger partial charge < -0.3 is 0 Å². The van der Waals surface area contributed by atoms with E-state index in [1.165, 1.54) is 5.56 Å². The van der Waals surface area contributed by atoms with E-state index in [4.69, 9.17) is 11.6 Å². The van der Waals surface area contributed by atoms with E-state index in [1.54, 1.807) is 12.1 Å². The summed E-state index contributed by atoms with van der Waals surface area (Å²) in [5.41, 5.74) is 4.24. The summed E-state index contributed by atoms with van der Waals surface area (Å²) in [7, 11) is 3.13. The van der Waals surface area contributed by atoms with Crippen LogP contribution in [-0.2, 0) is 5.16 Å². The molecule has 0 aliphatic rings. The Morgan fingerprint density at radius 1 is 0.760 bits per heavy atom. The van der Waals surface area contributed by atoms with Crippen molar-refractivity contribution in [1.82, 2.24) is 0 Å². The lowest BCUT2D eigenvalue weighted by Gasteiger charge is -2.51. The van der Waals surface area contributed by atoms with Crippen LogP contribution in [0, 0.1) is 10.8 Å². The number of hydrogen-bond donors (Lipinski definition) is 0. The van der Waals surface area contributed by atoms with Crippen molar-refractivity contribution in [3.8, 4) is 11.1 Å². The van der Waals surface area contributed by atoms with Crippen molar-refractivity contribution in [1.29, 1.82) is 0 Å². The van der Waals surface area contributed by atoms with Crippen molar-refractivity contribution >= 4 is 26.1 Å². The van der Waals surface area contributed by atoms with Gasteiger partial charge in [-0.25, -0.2) is 0 Å². The molecule has 134 valence electrons. The highest BCUT2D eigenvalue weighted by Gasteiger charge is 2.48. The summed E-state index contributed by atoms with van der Waals surface area (Å²) >= 11 is 5.52. The van der Waals surface area contributed by atoms with E-state index in [0.717, 1.165) is 11.1 Å². The van der Waals surface area contributed by atoms with Crippen LogP contribution >= 0.6 is 20.8 Å². The molecular weight excluding hydrogens is 347 g/mol. The van der Waals surface area contributed by atoms with Gasteiger partial charge in [-0.05, 0) is 51.3 Å². The Balaban J connectivity index is 2.43. The lowest BCUT2D eigenvalue weighted by atomic mass is 9.62. The second-order valence-electron chi connectivity index (χ2n) is 8.74. The quantitative estimate of drug-likeness (QED) is 0.422. The number of halogens is 1. The molecular formula is C22H28ClOP. The summed E-state index contributed by atoms with van der Waals surface area (Å²) in [5.74, 6) is 0. The van der Waals surface area contributed by atoms with Crippen LogP contribution in [0.15, 0.2) is 48.5 Å². The normalized spacial score (nSPS) is 13.0. The average molecular weight is 375 g/mol. The molecule has 3 heteroatoms. The fraction of sp³-hybridized carbons (Fsp3) is 0.409. The monoisotopic (exact) mass is 374 g/mol. The first-order chi connectivity index (χ1) is 11.4. The van der Waals surface area contributed by atoms with Gasteiger partial charge in [0.25, 0.3) is 5.24 Å². The zero-order valence-electron chi connectivity index (χ0n) is 16.0. The SMILES string of the molecule is CC(C)(C)C(P)(c1ccc(-c2ccc(C(=O)Cl)cc2)cc1)C(C)(C)C. The molecule has 0 N–H and O–H groups in total. The van der Waals surface area contributed by atoms with Crippen LogP contribution in [0.1, 0.15) is 57.5 Å². The minimum atomic E-state index is -0.426. The molecule has 0 heterocycles. The number of rotatable bonds is 3. The first kappa shape index (κ1) is 20.1. The van der Waals surface area contributed by atoms with Gasteiger partial charge in [0.2, 0.25) is 0 Å². The molecule has 0 aliphatic carbocycles. The van der Waals surface area contributed by atoms with Gasteiger partial charge in [0, 0.05) is 10.7 Å². The lowest BCUT2D eigenvalue weighted by Crippen LogP contribution is -2.45. The van der Waals surface area contributed by atoms with Crippen LogP contribution < -0.4 is 0 Å². The molecule has 0 saturated heterocycles. The van der Waals surface area contributed by atoms with Crippen LogP contribution in [0.5, 0.6) is 0 Å². The molecule has 0 fully saturated rings. The Morgan fingerprint density at radius 2 is 1.12 bits per heavy atom. The standard InChI is InChI=1S/C22H28ClOP/c1-20(2,3)22(25,21(4,5)6)18-13-11-16(12-14-18)15-7-9-17(10-8-15)19(23)24/h7-14H,25H2,1-6H3. The minimum absolute atomic E-state index is 0.0482. The third kappa shape index (κ3) is 3.83. The van der Waals surface area contributed by atoms with E-state index in [1.807, 2.05) is 12.1 Å². The molecule has 2 aromatic rings. The van der Waals surface area contributed by atoms with Crippen LogP contribution in [0.3, 0.4) is 0 Å². The van der Waals surface area contributed by atoms with Crippen LogP contribution in [-0.4, -0.2) is 5.24 Å². The first-order valence-electron chi connectivity index (χ1n) is 8.57. The summed E-state index contributed by atoms with van der Waals surface area (Å²) in [6.07, 6.45) is 0. The van der Waals surface area contributed by atoms with Gasteiger partial charge in [-0.2, -0.15) is 0 Å². The van der Waals surface area contributed by atoms with Crippen molar-refractivity contribution in [3.63, 3.8) is 0 Å². The summed E-state index contributed by atoms with van der Waals surface area (Å²) < 4.78 is 0. The van der Waals surface area contributed by atoms with Gasteiger partial charge in [-0.3, -0.25) is 4.79 Å². The fourth-order valence-corrected chi connectivity index (χ4v) is 4.03. The topological polar surface area (TPSA) is 17.1 Å². The lowest BCUT2D eigenvalue weighted by molar-refractivity contribution is 0.108. The van der Waals surface area contributed by atoms with Crippen molar-refractivity contribution < 1.29 is 4.79 Å². The molecule has 1 unspecified atom stereocenters. The summed E-state index contributed by atoms with van der Waals surface area (Å²) in [4.78, 5) is 11.2. The molecule has 1 nitrogen and oxygen atoms in total. The molecule has 0 spiro atoms. The van der Waals surface area contributed by atoms with Crippen molar-refractivity contribution in [2.75, 3.05) is 0 Å². The number of hydrogen-bond acceptors (Lipinski definition) is 1. The predicted molar refractivity (Wildman–Crippen MR) is 112 cm³/mol. The maximum atomic E-state index is 11.2. The van der Waals surface area contributed by atoms with E-state index in [0.29, 0.717) is 5.56 Å². The number of benzene rings is 2. The first-order valence-corrected chi connectivity index (χ1v) is 9.53. The third-order valence-corrected chi connectivity index (χ3v) is 7.44. The van der Waals surface area contributed by atoms with E-state index < -0.39 is 5.24 Å². The van der Waals surface area contributed by atoms with Gasteiger partial charge in [0.15, 0.2) is 0 Å². The molecule has 0 radical (unpaired) electrons. The fourth-order valence-electron chi connectivity index (χ4n) is 3.71. The van der Waals surface area contributed by atoms with Crippen molar-refractivity contribution in [3.05, 3.63) is 59.7 Å². The highest BCUT2D eigenvalue weighted by atomic mass is 35.5. The Labute approximate surface area is 159 Å². The maximum Gasteiger partial charge on any atom is 0.252 e. The number of carbonyl (C=O) groups excluding carboxylic acids is 1. The second kappa shape index (κ2) is 6.86. The highest BCUT2D eigenvalue weighted by Crippen LogP contribution is 2.57. The smallest absolute Gasteiger partial charge is 0.252 e. The van der Waals surface area contributed by atoms with Gasteiger partial charge in [-0.15, -0.1) is 9.24 Å². The second-order valence-corrected chi connectivity index (χ2v) is 9.95. The molecule has 2 rings (SSSR count). The molecule has 0 amide bonds. The Kier molecular flexibility index (Phi) is 5.53. The molecule has 25 heavy (non-hydrogen) atoms. The van der Waals surface area contributed by atoms with E-state index in [9.17, 15) is 4.79 Å². The molecule has 0 bridgehead atoms. The molecule has 2 aromatic carbocycles. The van der Waals surface area contributed by atoms with E-state index in [2.05, 4.69) is 75.0 Å². The van der Waals surface area contributed by atoms with Gasteiger partial charge in [0.1, 0.15) is 0 Å². The molecule has 0 aromatic heterocycles. The van der Waals surface area contributed by atoms with Gasteiger partial charge >= 0.3 is 0 Å². The Morgan fingerprint density at radius 3 is 1.44 bits per heavy atom. The summed E-state index contributed by atoms with van der Waals surface area (Å²) in [6, 6.07) is 16.2. The van der Waals surface area contributed by atoms with E-state index >= 15 is 0 Å². The summed E-state index contributed by atoms with van der Waals surface area (Å²) in [5, 5.41) is -0.474. The predicted octanol–water partition coefficient (Wildman–Crippen LogP) is 6.90. The Hall–Kier alpha value is -1.17. The van der Waals surface area contributed by atoms with Gasteiger partial charge in [-0.1, -0.05) is 77.9 Å². The maximum absolute atomic E-state index is 11.2.